The summed E-state index contributed by atoms with van der Waals surface area (Å²) in [6, 6.07) is 8.66. The largest absolute Gasteiger partial charge is 0.324 e. The van der Waals surface area contributed by atoms with Gasteiger partial charge in [-0.2, -0.15) is 10.4 Å². The number of rotatable bonds is 3. The smallest absolute Gasteiger partial charge is 0.246 e. The van der Waals surface area contributed by atoms with Crippen molar-refractivity contribution >= 4 is 23.2 Å². The molecule has 2 aromatic rings. The first-order chi connectivity index (χ1) is 9.08. The topological polar surface area (TPSA) is 70.7 Å². The molecule has 0 aliphatic carbocycles. The maximum atomic E-state index is 11.8. The van der Waals surface area contributed by atoms with Crippen LogP contribution >= 0.6 is 11.6 Å². The summed E-state index contributed by atoms with van der Waals surface area (Å²) in [5.41, 5.74) is 1.87. The molecule has 0 saturated heterocycles. The minimum absolute atomic E-state index is 0.0908. The molecule has 0 unspecified atom stereocenters. The number of aryl methyl sites for hydroxylation is 1. The van der Waals surface area contributed by atoms with Gasteiger partial charge in [0.1, 0.15) is 6.54 Å². The van der Waals surface area contributed by atoms with E-state index in [1.54, 1.807) is 37.4 Å². The predicted octanol–water partition coefficient (Wildman–Crippen LogP) is 2.36. The Kier molecular flexibility index (Phi) is 3.83. The van der Waals surface area contributed by atoms with Gasteiger partial charge in [-0.05, 0) is 31.2 Å². The van der Waals surface area contributed by atoms with E-state index in [4.69, 9.17) is 16.9 Å². The van der Waals surface area contributed by atoms with Crippen molar-refractivity contribution in [1.82, 2.24) is 9.78 Å². The highest BCUT2D eigenvalue weighted by molar-refractivity contribution is 6.31. The number of aromatic nitrogens is 2. The van der Waals surface area contributed by atoms with Gasteiger partial charge in [0.15, 0.2) is 0 Å². The summed E-state index contributed by atoms with van der Waals surface area (Å²) in [5.74, 6) is -0.205. The third kappa shape index (κ3) is 3.33. The maximum absolute atomic E-state index is 11.8. The molecule has 2 rings (SSSR count). The number of hydrogen-bond acceptors (Lipinski definition) is 3. The Morgan fingerprint density at radius 2 is 2.16 bits per heavy atom. The predicted molar refractivity (Wildman–Crippen MR) is 71.8 cm³/mol. The van der Waals surface area contributed by atoms with Crippen molar-refractivity contribution in [2.75, 3.05) is 5.32 Å². The molecule has 96 valence electrons. The van der Waals surface area contributed by atoms with Gasteiger partial charge in [-0.25, -0.2) is 0 Å². The summed E-state index contributed by atoms with van der Waals surface area (Å²) in [7, 11) is 0. The van der Waals surface area contributed by atoms with Crippen LogP contribution in [0.25, 0.3) is 0 Å². The Morgan fingerprint density at radius 3 is 2.68 bits per heavy atom. The van der Waals surface area contributed by atoms with Gasteiger partial charge in [-0.3, -0.25) is 9.48 Å². The van der Waals surface area contributed by atoms with Crippen LogP contribution in [0.1, 0.15) is 11.3 Å². The minimum Gasteiger partial charge on any atom is -0.324 e. The fourth-order valence-corrected chi connectivity index (χ4v) is 1.70. The zero-order chi connectivity index (χ0) is 13.8. The van der Waals surface area contributed by atoms with Gasteiger partial charge >= 0.3 is 0 Å². The number of hydrogen-bond donors (Lipinski definition) is 1. The molecule has 5 nitrogen and oxygen atoms in total. The first-order valence-electron chi connectivity index (χ1n) is 5.58. The summed E-state index contributed by atoms with van der Waals surface area (Å²) >= 11 is 5.86. The first kappa shape index (κ1) is 13.1. The molecular weight excluding hydrogens is 264 g/mol. The third-order valence-corrected chi connectivity index (χ3v) is 2.86. The van der Waals surface area contributed by atoms with Crippen molar-refractivity contribution < 1.29 is 4.79 Å². The maximum Gasteiger partial charge on any atom is 0.246 e. The zero-order valence-corrected chi connectivity index (χ0v) is 11.0. The van der Waals surface area contributed by atoms with Crippen molar-refractivity contribution in [3.05, 3.63) is 46.7 Å². The summed E-state index contributed by atoms with van der Waals surface area (Å²) in [6.07, 6.45) is 1.61. The summed E-state index contributed by atoms with van der Waals surface area (Å²) < 4.78 is 1.48. The van der Waals surface area contributed by atoms with Gasteiger partial charge < -0.3 is 5.32 Å². The molecule has 1 aromatic carbocycles. The van der Waals surface area contributed by atoms with Gasteiger partial charge in [-0.1, -0.05) is 11.6 Å². The van der Waals surface area contributed by atoms with Crippen LogP contribution in [0.2, 0.25) is 5.02 Å². The first-order valence-corrected chi connectivity index (χ1v) is 5.96. The molecule has 0 aliphatic rings. The molecule has 1 amide bonds. The number of carbonyl (C=O) groups excluding carboxylic acids is 1. The number of carbonyl (C=O) groups is 1. The zero-order valence-electron chi connectivity index (χ0n) is 10.2. The second-order valence-electron chi connectivity index (χ2n) is 4.00. The van der Waals surface area contributed by atoms with Gasteiger partial charge in [-0.15, -0.1) is 0 Å². The number of benzene rings is 1. The van der Waals surface area contributed by atoms with Crippen molar-refractivity contribution in [1.29, 1.82) is 5.26 Å². The van der Waals surface area contributed by atoms with E-state index in [9.17, 15) is 4.79 Å². The Hall–Kier alpha value is -2.32. The molecule has 0 radical (unpaired) electrons. The highest BCUT2D eigenvalue weighted by atomic mass is 35.5. The molecule has 0 spiro atoms. The van der Waals surface area contributed by atoms with E-state index in [2.05, 4.69) is 10.4 Å². The molecule has 0 atom stereocenters. The van der Waals surface area contributed by atoms with Crippen LogP contribution in [0.3, 0.4) is 0 Å². The van der Waals surface area contributed by atoms with E-state index in [1.165, 1.54) is 4.68 Å². The fourth-order valence-electron chi connectivity index (χ4n) is 1.55. The Bertz CT molecular complexity index is 620. The Labute approximate surface area is 115 Å². The molecule has 0 saturated carbocycles. The van der Waals surface area contributed by atoms with E-state index in [0.717, 1.165) is 0 Å². The molecule has 1 aromatic heterocycles. The summed E-state index contributed by atoms with van der Waals surface area (Å²) in [5, 5.41) is 16.0. The quantitative estimate of drug-likeness (QED) is 0.934. The Balaban J connectivity index is 1.99. The standard InChI is InChI=1S/C13H11ClN4O/c1-9-12(14)7-18(17-9)8-13(19)16-11-4-2-10(6-15)3-5-11/h2-5,7H,8H2,1H3,(H,16,19). The highest BCUT2D eigenvalue weighted by Crippen LogP contribution is 2.12. The number of nitrogens with one attached hydrogen (secondary N) is 1. The van der Waals surface area contributed by atoms with E-state index in [-0.39, 0.29) is 12.5 Å². The molecule has 6 heteroatoms. The Morgan fingerprint density at radius 1 is 1.47 bits per heavy atom. The van der Waals surface area contributed by atoms with E-state index in [0.29, 0.717) is 22.0 Å². The van der Waals surface area contributed by atoms with E-state index in [1.807, 2.05) is 6.07 Å². The third-order valence-electron chi connectivity index (χ3n) is 2.49. The number of nitrogens with zero attached hydrogens (tertiary/aromatic N) is 3. The van der Waals surface area contributed by atoms with E-state index < -0.39 is 0 Å². The fraction of sp³-hybridized carbons (Fsp3) is 0.154. The van der Waals surface area contributed by atoms with Crippen LogP contribution < -0.4 is 5.32 Å². The lowest BCUT2D eigenvalue weighted by Crippen LogP contribution is -2.19. The van der Waals surface area contributed by atoms with Gasteiger partial charge in [0.05, 0.1) is 22.3 Å². The minimum atomic E-state index is -0.205. The van der Waals surface area contributed by atoms with Gasteiger partial charge in [0.25, 0.3) is 0 Å². The lowest BCUT2D eigenvalue weighted by atomic mass is 10.2. The molecule has 1 N–H and O–H groups in total. The van der Waals surface area contributed by atoms with Crippen LogP contribution in [-0.2, 0) is 11.3 Å². The molecule has 0 fully saturated rings. The molecule has 0 aliphatic heterocycles. The van der Waals surface area contributed by atoms with E-state index >= 15 is 0 Å². The molecule has 1 heterocycles. The van der Waals surface area contributed by atoms with Crippen molar-refractivity contribution in [2.45, 2.75) is 13.5 Å². The molecular formula is C13H11ClN4O. The van der Waals surface area contributed by atoms with Gasteiger partial charge in [0.2, 0.25) is 5.91 Å². The van der Waals surface area contributed by atoms with Crippen LogP contribution in [0, 0.1) is 18.3 Å². The van der Waals surface area contributed by atoms with Gasteiger partial charge in [0, 0.05) is 11.9 Å². The second kappa shape index (κ2) is 5.55. The van der Waals surface area contributed by atoms with Crippen LogP contribution in [0.5, 0.6) is 0 Å². The lowest BCUT2D eigenvalue weighted by molar-refractivity contribution is -0.116. The van der Waals surface area contributed by atoms with Crippen LogP contribution in [0.4, 0.5) is 5.69 Å². The molecule has 19 heavy (non-hydrogen) atoms. The summed E-state index contributed by atoms with van der Waals surface area (Å²) in [4.78, 5) is 11.8. The normalized spacial score (nSPS) is 9.95. The monoisotopic (exact) mass is 274 g/mol. The summed E-state index contributed by atoms with van der Waals surface area (Å²) in [6.45, 7) is 1.87. The van der Waals surface area contributed by atoms with Crippen molar-refractivity contribution in [3.8, 4) is 6.07 Å². The van der Waals surface area contributed by atoms with Crippen molar-refractivity contribution in [2.24, 2.45) is 0 Å². The number of halogens is 1. The highest BCUT2D eigenvalue weighted by Gasteiger charge is 2.07. The second-order valence-corrected chi connectivity index (χ2v) is 4.40. The molecule has 0 bridgehead atoms. The van der Waals surface area contributed by atoms with Crippen LogP contribution in [-0.4, -0.2) is 15.7 Å². The number of nitriles is 1. The SMILES string of the molecule is Cc1nn(CC(=O)Nc2ccc(C#N)cc2)cc1Cl. The average Bonchev–Trinajstić information content (AvgIpc) is 2.69. The number of anilines is 1. The lowest BCUT2D eigenvalue weighted by Gasteiger charge is -2.05. The average molecular weight is 275 g/mol. The van der Waals surface area contributed by atoms with Crippen LogP contribution in [0.15, 0.2) is 30.5 Å². The number of amides is 1. The van der Waals surface area contributed by atoms with Crippen molar-refractivity contribution in [3.63, 3.8) is 0 Å².